The highest BCUT2D eigenvalue weighted by molar-refractivity contribution is 6.30. The summed E-state index contributed by atoms with van der Waals surface area (Å²) in [6.07, 6.45) is 6.27. The average molecular weight is 510 g/mol. The zero-order valence-electron chi connectivity index (χ0n) is 20.2. The maximum Gasteiger partial charge on any atom is 0.346 e. The Kier molecular flexibility index (Phi) is 9.98. The van der Waals surface area contributed by atoms with Gasteiger partial charge in [-0.25, -0.2) is 19.6 Å². The smallest absolute Gasteiger partial charge is 0.346 e. The minimum atomic E-state index is -1.58. The van der Waals surface area contributed by atoms with Gasteiger partial charge in [0.15, 0.2) is 6.04 Å². The molecule has 188 valence electrons. The fourth-order valence-electron chi connectivity index (χ4n) is 3.78. The Hall–Kier alpha value is -3.74. The molecule has 0 bridgehead atoms. The number of ether oxygens (including phenoxy) is 2. The lowest BCUT2D eigenvalue weighted by Gasteiger charge is -2.25. The molecule has 0 N–H and O–H groups in total. The lowest BCUT2D eigenvalue weighted by molar-refractivity contribution is -0.147. The third-order valence-corrected chi connectivity index (χ3v) is 5.97. The second kappa shape index (κ2) is 13.4. The van der Waals surface area contributed by atoms with Gasteiger partial charge in [0.1, 0.15) is 5.57 Å². The van der Waals surface area contributed by atoms with Crippen LogP contribution in [0.2, 0.25) is 5.02 Å². The molecule has 36 heavy (non-hydrogen) atoms. The number of halogens is 1. The van der Waals surface area contributed by atoms with Crippen molar-refractivity contribution in [3.63, 3.8) is 0 Å². The molecule has 1 fully saturated rings. The van der Waals surface area contributed by atoms with E-state index < -0.39 is 23.9 Å². The number of amides is 1. The minimum absolute atomic E-state index is 0.0347. The number of carbonyl (C=O) groups excluding carboxylic acids is 3. The Morgan fingerprint density at radius 3 is 2.28 bits per heavy atom. The number of methoxy groups -OCH3 is 2. The normalized spacial score (nSPS) is 14.4. The highest BCUT2D eigenvalue weighted by atomic mass is 35.5. The van der Waals surface area contributed by atoms with Gasteiger partial charge >= 0.3 is 11.9 Å². The van der Waals surface area contributed by atoms with Gasteiger partial charge in [-0.3, -0.25) is 4.79 Å². The Labute approximate surface area is 215 Å². The number of hydrogen-bond donors (Lipinski definition) is 0. The zero-order chi connectivity index (χ0) is 25.9. The van der Waals surface area contributed by atoms with Crippen LogP contribution in [-0.2, 0) is 19.1 Å². The number of hydrazone groups is 1. The molecule has 0 spiro atoms. The Balaban J connectivity index is 2.13. The van der Waals surface area contributed by atoms with E-state index in [9.17, 15) is 14.4 Å². The molecule has 0 saturated heterocycles. The Morgan fingerprint density at radius 2 is 1.67 bits per heavy atom. The second-order valence-corrected chi connectivity index (χ2v) is 8.61. The molecule has 3 rings (SSSR count). The van der Waals surface area contributed by atoms with Gasteiger partial charge in [-0.05, 0) is 48.5 Å². The van der Waals surface area contributed by atoms with Gasteiger partial charge in [0.05, 0.1) is 26.5 Å². The molecule has 2 aromatic rings. The van der Waals surface area contributed by atoms with Crippen LogP contribution < -0.4 is 0 Å². The van der Waals surface area contributed by atoms with Crippen LogP contribution in [0.15, 0.2) is 70.3 Å². The van der Waals surface area contributed by atoms with E-state index in [-0.39, 0.29) is 17.2 Å². The SMILES string of the molecule is COC(=O)C(=C=NC1CCCCC1)C(C(=O)OC)N(/N=C/c1ccc(Cl)cc1)C(=O)c1ccccc1. The summed E-state index contributed by atoms with van der Waals surface area (Å²) in [6, 6.07) is 13.4. The van der Waals surface area contributed by atoms with Gasteiger partial charge in [-0.2, -0.15) is 5.10 Å². The third kappa shape index (κ3) is 7.13. The fraction of sp³-hybridized carbons (Fsp3) is 0.333. The summed E-state index contributed by atoms with van der Waals surface area (Å²) in [7, 11) is 2.34. The Morgan fingerprint density at radius 1 is 1.00 bits per heavy atom. The number of nitrogens with zero attached hydrogens (tertiary/aromatic N) is 3. The first-order chi connectivity index (χ1) is 17.4. The van der Waals surface area contributed by atoms with Gasteiger partial charge in [0.25, 0.3) is 5.91 Å². The Bertz CT molecular complexity index is 1150. The fourth-order valence-corrected chi connectivity index (χ4v) is 3.90. The van der Waals surface area contributed by atoms with E-state index in [0.717, 1.165) is 44.2 Å². The van der Waals surface area contributed by atoms with Crippen LogP contribution >= 0.6 is 11.6 Å². The van der Waals surface area contributed by atoms with Gasteiger partial charge in [-0.1, -0.05) is 61.2 Å². The van der Waals surface area contributed by atoms with Crippen LogP contribution in [0.25, 0.3) is 0 Å². The minimum Gasteiger partial charge on any atom is -0.467 e. The molecule has 1 unspecified atom stereocenters. The van der Waals surface area contributed by atoms with Crippen molar-refractivity contribution in [3.05, 3.63) is 76.3 Å². The summed E-state index contributed by atoms with van der Waals surface area (Å²) < 4.78 is 9.91. The van der Waals surface area contributed by atoms with E-state index in [2.05, 4.69) is 16.0 Å². The largest absolute Gasteiger partial charge is 0.467 e. The van der Waals surface area contributed by atoms with E-state index in [4.69, 9.17) is 21.1 Å². The molecular formula is C27H28ClN3O5. The molecule has 8 nitrogen and oxygen atoms in total. The van der Waals surface area contributed by atoms with Crippen molar-refractivity contribution in [2.24, 2.45) is 10.1 Å². The van der Waals surface area contributed by atoms with Gasteiger partial charge in [0, 0.05) is 10.6 Å². The molecule has 1 aliphatic carbocycles. The predicted octanol–water partition coefficient (Wildman–Crippen LogP) is 4.46. The summed E-state index contributed by atoms with van der Waals surface area (Å²) in [6.45, 7) is 0. The van der Waals surface area contributed by atoms with Crippen molar-refractivity contribution in [1.29, 1.82) is 0 Å². The maximum absolute atomic E-state index is 13.6. The molecule has 0 radical (unpaired) electrons. The highest BCUT2D eigenvalue weighted by Crippen LogP contribution is 2.21. The number of hydrogen-bond acceptors (Lipinski definition) is 7. The predicted molar refractivity (Wildman–Crippen MR) is 137 cm³/mol. The van der Waals surface area contributed by atoms with Crippen molar-refractivity contribution >= 4 is 41.5 Å². The first kappa shape index (κ1) is 26.9. The van der Waals surface area contributed by atoms with Crippen LogP contribution in [-0.4, -0.2) is 61.2 Å². The van der Waals surface area contributed by atoms with Crippen LogP contribution in [0.3, 0.4) is 0 Å². The number of carbonyl (C=O) groups is 3. The van der Waals surface area contributed by atoms with E-state index in [1.165, 1.54) is 13.3 Å². The first-order valence-electron chi connectivity index (χ1n) is 11.6. The monoisotopic (exact) mass is 509 g/mol. The molecule has 0 aromatic heterocycles. The van der Waals surface area contributed by atoms with Crippen molar-refractivity contribution in [3.8, 4) is 0 Å². The molecule has 1 atom stereocenters. The summed E-state index contributed by atoms with van der Waals surface area (Å²) in [5, 5.41) is 5.73. The molecular weight excluding hydrogens is 482 g/mol. The van der Waals surface area contributed by atoms with Crippen molar-refractivity contribution < 1.29 is 23.9 Å². The molecule has 0 aliphatic heterocycles. The third-order valence-electron chi connectivity index (χ3n) is 5.72. The van der Waals surface area contributed by atoms with Gasteiger partial charge < -0.3 is 9.47 Å². The molecule has 1 saturated carbocycles. The first-order valence-corrected chi connectivity index (χ1v) is 12.0. The van der Waals surface area contributed by atoms with Gasteiger partial charge in [-0.15, -0.1) is 0 Å². The quantitative estimate of drug-likeness (QED) is 0.226. The summed E-state index contributed by atoms with van der Waals surface area (Å²) in [5.41, 5.74) is 0.605. The van der Waals surface area contributed by atoms with E-state index >= 15 is 0 Å². The average Bonchev–Trinajstić information content (AvgIpc) is 2.93. The number of esters is 2. The molecule has 9 heteroatoms. The highest BCUT2D eigenvalue weighted by Gasteiger charge is 2.39. The van der Waals surface area contributed by atoms with E-state index in [0.29, 0.717) is 10.6 Å². The lowest BCUT2D eigenvalue weighted by atomic mass is 9.96. The van der Waals surface area contributed by atoms with Crippen molar-refractivity contribution in [1.82, 2.24) is 5.01 Å². The van der Waals surface area contributed by atoms with Crippen molar-refractivity contribution in [2.45, 2.75) is 44.2 Å². The topological polar surface area (TPSA) is 97.6 Å². The second-order valence-electron chi connectivity index (χ2n) is 8.18. The summed E-state index contributed by atoms with van der Waals surface area (Å²) >= 11 is 5.96. The number of aliphatic imine (C=N–C) groups is 1. The van der Waals surface area contributed by atoms with Crippen LogP contribution in [0.5, 0.6) is 0 Å². The number of benzene rings is 2. The van der Waals surface area contributed by atoms with Crippen LogP contribution in [0.4, 0.5) is 0 Å². The molecule has 0 heterocycles. The standard InChI is InChI=1S/C27H28ClN3O5/c1-35-26(33)23(18-29-22-11-7-4-8-12-22)24(27(34)36-2)31(25(32)20-9-5-3-6-10-20)30-17-19-13-15-21(28)16-14-19/h3,5-6,9-10,13-17,22,24H,4,7-8,11-12H2,1-2H3/b30-17+. The van der Waals surface area contributed by atoms with Crippen LogP contribution in [0.1, 0.15) is 48.0 Å². The summed E-state index contributed by atoms with van der Waals surface area (Å²) in [4.78, 5) is 43.9. The van der Waals surface area contributed by atoms with Gasteiger partial charge in [0.2, 0.25) is 0 Å². The number of rotatable bonds is 8. The molecule has 2 aromatic carbocycles. The van der Waals surface area contributed by atoms with Crippen LogP contribution in [0, 0.1) is 0 Å². The maximum atomic E-state index is 13.6. The van der Waals surface area contributed by atoms with E-state index in [1.807, 2.05) is 0 Å². The summed E-state index contributed by atoms with van der Waals surface area (Å²) in [5.74, 6) is 0.348. The molecule has 1 amide bonds. The van der Waals surface area contributed by atoms with E-state index in [1.54, 1.807) is 54.6 Å². The lowest BCUT2D eigenvalue weighted by Crippen LogP contribution is -2.46. The molecule has 1 aliphatic rings. The van der Waals surface area contributed by atoms with Crippen molar-refractivity contribution in [2.75, 3.05) is 14.2 Å². The zero-order valence-corrected chi connectivity index (χ0v) is 21.0.